The van der Waals surface area contributed by atoms with E-state index in [0.717, 1.165) is 0 Å². The zero-order valence-electron chi connectivity index (χ0n) is 8.50. The van der Waals surface area contributed by atoms with Crippen molar-refractivity contribution in [2.45, 2.75) is 32.4 Å². The summed E-state index contributed by atoms with van der Waals surface area (Å²) < 4.78 is 4.75. The van der Waals surface area contributed by atoms with Gasteiger partial charge in [0.25, 0.3) is 0 Å². The molecule has 2 N–H and O–H groups in total. The second-order valence-electron chi connectivity index (χ2n) is 3.61. The first kappa shape index (κ1) is 11.0. The Hall–Kier alpha value is -1.10. The monoisotopic (exact) mass is 200 g/mol. The molecule has 1 heterocycles. The summed E-state index contributed by atoms with van der Waals surface area (Å²) >= 11 is 0. The van der Waals surface area contributed by atoms with E-state index in [4.69, 9.17) is 4.74 Å². The molecule has 0 aliphatic carbocycles. The number of esters is 1. The Labute approximate surface area is 83.2 Å². The molecular weight excluding hydrogens is 184 g/mol. The number of carbonyl (C=O) groups is 2. The van der Waals surface area contributed by atoms with Gasteiger partial charge in [-0.15, -0.1) is 0 Å². The van der Waals surface area contributed by atoms with Crippen molar-refractivity contribution in [1.29, 1.82) is 0 Å². The van der Waals surface area contributed by atoms with Gasteiger partial charge in [-0.2, -0.15) is 0 Å². The number of nitrogens with one attached hydrogen (secondary N) is 2. The molecule has 1 fully saturated rings. The summed E-state index contributed by atoms with van der Waals surface area (Å²) in [4.78, 5) is 22.2. The van der Waals surface area contributed by atoms with E-state index in [-0.39, 0.29) is 30.5 Å². The third kappa shape index (κ3) is 3.33. The second kappa shape index (κ2) is 4.95. The average molecular weight is 200 g/mol. The first-order valence-corrected chi connectivity index (χ1v) is 4.79. The quantitative estimate of drug-likeness (QED) is 0.596. The Morgan fingerprint density at radius 2 is 2.36 bits per heavy atom. The van der Waals surface area contributed by atoms with Crippen LogP contribution in [0.15, 0.2) is 0 Å². The summed E-state index contributed by atoms with van der Waals surface area (Å²) in [6.07, 6.45) is 0.647. The normalized spacial score (nSPS) is 21.1. The van der Waals surface area contributed by atoms with E-state index in [1.807, 2.05) is 13.8 Å². The van der Waals surface area contributed by atoms with Gasteiger partial charge in [-0.1, -0.05) is 0 Å². The molecule has 0 aromatic rings. The highest BCUT2D eigenvalue weighted by Crippen LogP contribution is 2.04. The Morgan fingerprint density at radius 3 is 2.86 bits per heavy atom. The molecule has 1 rings (SSSR count). The summed E-state index contributed by atoms with van der Waals surface area (Å²) in [5.74, 6) is -0.359. The van der Waals surface area contributed by atoms with Gasteiger partial charge in [-0.25, -0.2) is 0 Å². The highest BCUT2D eigenvalue weighted by Gasteiger charge is 2.26. The second-order valence-corrected chi connectivity index (χ2v) is 3.61. The molecule has 0 saturated carbocycles. The number of hydrogen-bond donors (Lipinski definition) is 2. The van der Waals surface area contributed by atoms with Crippen molar-refractivity contribution in [1.82, 2.24) is 10.6 Å². The third-order valence-corrected chi connectivity index (χ3v) is 1.89. The van der Waals surface area contributed by atoms with Crippen LogP contribution in [-0.4, -0.2) is 37.1 Å². The lowest BCUT2D eigenvalue weighted by Crippen LogP contribution is -2.43. The summed E-state index contributed by atoms with van der Waals surface area (Å²) in [6, 6.07) is -0.187. The maximum atomic E-state index is 11.2. The van der Waals surface area contributed by atoms with Crippen LogP contribution in [0.2, 0.25) is 0 Å². The lowest BCUT2D eigenvalue weighted by molar-refractivity contribution is -0.139. The van der Waals surface area contributed by atoms with Gasteiger partial charge in [-0.05, 0) is 13.8 Å². The highest BCUT2D eigenvalue weighted by molar-refractivity contribution is 5.81. The van der Waals surface area contributed by atoms with Crippen molar-refractivity contribution < 1.29 is 14.3 Å². The Morgan fingerprint density at radius 1 is 1.64 bits per heavy atom. The van der Waals surface area contributed by atoms with Crippen LogP contribution in [0.3, 0.4) is 0 Å². The first-order chi connectivity index (χ1) is 6.59. The molecule has 1 amide bonds. The van der Waals surface area contributed by atoms with E-state index < -0.39 is 0 Å². The molecule has 5 nitrogen and oxygen atoms in total. The predicted octanol–water partition coefficient (Wildman–Crippen LogP) is -0.584. The third-order valence-electron chi connectivity index (χ3n) is 1.89. The van der Waals surface area contributed by atoms with Crippen LogP contribution in [-0.2, 0) is 14.3 Å². The predicted molar refractivity (Wildman–Crippen MR) is 50.6 cm³/mol. The fourth-order valence-corrected chi connectivity index (χ4v) is 1.27. The van der Waals surface area contributed by atoms with Gasteiger partial charge in [0.15, 0.2) is 0 Å². The van der Waals surface area contributed by atoms with Crippen LogP contribution < -0.4 is 10.6 Å². The topological polar surface area (TPSA) is 67.4 Å². The minimum atomic E-state index is -0.312. The van der Waals surface area contributed by atoms with Crippen LogP contribution in [0.1, 0.15) is 20.3 Å². The molecule has 0 bridgehead atoms. The van der Waals surface area contributed by atoms with Crippen LogP contribution >= 0.6 is 0 Å². The minimum absolute atomic E-state index is 0.0975. The van der Waals surface area contributed by atoms with Crippen LogP contribution in [0.5, 0.6) is 0 Å². The van der Waals surface area contributed by atoms with E-state index in [1.54, 1.807) is 0 Å². The highest BCUT2D eigenvalue weighted by atomic mass is 16.5. The Bertz CT molecular complexity index is 228. The molecule has 1 aliphatic heterocycles. The molecule has 0 radical (unpaired) electrons. The molecule has 0 aromatic carbocycles. The fraction of sp³-hybridized carbons (Fsp3) is 0.778. The Balaban J connectivity index is 2.19. The minimum Gasteiger partial charge on any atom is -0.464 e. The molecule has 0 spiro atoms. The molecule has 5 heteroatoms. The van der Waals surface area contributed by atoms with Crippen molar-refractivity contribution in [2.75, 3.05) is 13.2 Å². The van der Waals surface area contributed by atoms with Crippen LogP contribution in [0.4, 0.5) is 0 Å². The van der Waals surface area contributed by atoms with Gasteiger partial charge in [0, 0.05) is 12.5 Å². The molecule has 14 heavy (non-hydrogen) atoms. The number of rotatable bonds is 4. The lowest BCUT2D eigenvalue weighted by atomic mass is 10.2. The van der Waals surface area contributed by atoms with Crippen molar-refractivity contribution in [2.24, 2.45) is 0 Å². The van der Waals surface area contributed by atoms with Crippen LogP contribution in [0.25, 0.3) is 0 Å². The van der Waals surface area contributed by atoms with E-state index in [9.17, 15) is 9.59 Å². The number of hydrogen-bond acceptors (Lipinski definition) is 4. The van der Waals surface area contributed by atoms with Gasteiger partial charge < -0.3 is 10.1 Å². The maximum absolute atomic E-state index is 11.2. The van der Waals surface area contributed by atoms with Crippen LogP contribution in [0, 0.1) is 0 Å². The SMILES string of the molecule is CC(C)NC(=O)CNC1CCOC1=O. The number of amides is 1. The summed E-state index contributed by atoms with van der Waals surface area (Å²) in [5.41, 5.74) is 0. The molecule has 0 aromatic heterocycles. The Kier molecular flexibility index (Phi) is 3.88. The van der Waals surface area contributed by atoms with Gasteiger partial charge in [-0.3, -0.25) is 14.9 Å². The van der Waals surface area contributed by atoms with Gasteiger partial charge >= 0.3 is 5.97 Å². The molecule has 80 valence electrons. The maximum Gasteiger partial charge on any atom is 0.323 e. The van der Waals surface area contributed by atoms with Gasteiger partial charge in [0.2, 0.25) is 5.91 Å². The zero-order chi connectivity index (χ0) is 10.6. The smallest absolute Gasteiger partial charge is 0.323 e. The van der Waals surface area contributed by atoms with E-state index >= 15 is 0 Å². The lowest BCUT2D eigenvalue weighted by Gasteiger charge is -2.10. The fourth-order valence-electron chi connectivity index (χ4n) is 1.27. The zero-order valence-corrected chi connectivity index (χ0v) is 8.50. The van der Waals surface area contributed by atoms with Gasteiger partial charge in [0.1, 0.15) is 6.04 Å². The molecular formula is C9H16N2O3. The van der Waals surface area contributed by atoms with E-state index in [1.165, 1.54) is 0 Å². The summed E-state index contributed by atoms with van der Waals surface area (Å²) in [7, 11) is 0. The standard InChI is InChI=1S/C9H16N2O3/c1-6(2)11-8(12)5-10-7-3-4-14-9(7)13/h6-7,10H,3-5H2,1-2H3,(H,11,12). The van der Waals surface area contributed by atoms with Crippen molar-refractivity contribution >= 4 is 11.9 Å². The molecule has 1 aliphatic rings. The summed E-state index contributed by atoms with van der Waals surface area (Å²) in [6.45, 7) is 4.39. The first-order valence-electron chi connectivity index (χ1n) is 4.79. The van der Waals surface area contributed by atoms with Crippen molar-refractivity contribution in [3.05, 3.63) is 0 Å². The number of ether oxygens (including phenoxy) is 1. The summed E-state index contributed by atoms with van der Waals surface area (Å²) in [5, 5.41) is 5.58. The largest absolute Gasteiger partial charge is 0.464 e. The van der Waals surface area contributed by atoms with Crippen molar-refractivity contribution in [3.63, 3.8) is 0 Å². The number of carbonyl (C=O) groups excluding carboxylic acids is 2. The van der Waals surface area contributed by atoms with E-state index in [2.05, 4.69) is 10.6 Å². The van der Waals surface area contributed by atoms with E-state index in [0.29, 0.717) is 13.0 Å². The molecule has 1 atom stereocenters. The van der Waals surface area contributed by atoms with Gasteiger partial charge in [0.05, 0.1) is 13.2 Å². The van der Waals surface area contributed by atoms with Crippen molar-refractivity contribution in [3.8, 4) is 0 Å². The average Bonchev–Trinajstić information content (AvgIpc) is 2.46. The molecule has 1 saturated heterocycles. The number of cyclic esters (lactones) is 1. The molecule has 1 unspecified atom stereocenters.